The van der Waals surface area contributed by atoms with Gasteiger partial charge in [-0.05, 0) is 68.9 Å². The van der Waals surface area contributed by atoms with E-state index in [4.69, 9.17) is 4.98 Å². The first kappa shape index (κ1) is 27.4. The molecule has 12 heteroatoms. The summed E-state index contributed by atoms with van der Waals surface area (Å²) in [4.78, 5) is 27.6. The second kappa shape index (κ2) is 11.5. The van der Waals surface area contributed by atoms with E-state index in [-0.39, 0.29) is 11.9 Å². The summed E-state index contributed by atoms with van der Waals surface area (Å²) in [6, 6.07) is 16.6. The van der Waals surface area contributed by atoms with E-state index in [1.54, 1.807) is 30.5 Å². The van der Waals surface area contributed by atoms with Gasteiger partial charge >= 0.3 is 0 Å². The zero-order valence-electron chi connectivity index (χ0n) is 22.8. The van der Waals surface area contributed by atoms with E-state index in [1.165, 1.54) is 17.6 Å². The number of para-hydroxylation sites is 1. The molecule has 2 aromatic heterocycles. The monoisotopic (exact) mass is 562 g/mol. The maximum Gasteiger partial charge on any atom is 0.251 e. The third-order valence-electron chi connectivity index (χ3n) is 7.13. The van der Waals surface area contributed by atoms with Gasteiger partial charge in [-0.25, -0.2) is 8.42 Å². The zero-order valence-corrected chi connectivity index (χ0v) is 23.6. The largest absolute Gasteiger partial charge is 0.365 e. The molecule has 5 rings (SSSR count). The van der Waals surface area contributed by atoms with E-state index in [2.05, 4.69) is 37.9 Å². The first-order chi connectivity index (χ1) is 19.2. The number of nitrogens with one attached hydrogen (secondary N) is 4. The molecule has 1 fully saturated rings. The van der Waals surface area contributed by atoms with E-state index >= 15 is 0 Å². The van der Waals surface area contributed by atoms with Crippen molar-refractivity contribution in [1.29, 1.82) is 0 Å². The minimum absolute atomic E-state index is 0.0981. The van der Waals surface area contributed by atoms with Gasteiger partial charge < -0.3 is 25.8 Å². The zero-order chi connectivity index (χ0) is 28.3. The third-order valence-corrected chi connectivity index (χ3v) is 8.32. The van der Waals surface area contributed by atoms with Crippen LogP contribution in [0.4, 0.5) is 23.1 Å². The number of aromatic amines is 1. The summed E-state index contributed by atoms with van der Waals surface area (Å²) in [5, 5.41) is 10.5. The van der Waals surface area contributed by atoms with Crippen LogP contribution >= 0.6 is 0 Å². The highest BCUT2D eigenvalue weighted by Crippen LogP contribution is 2.26. The number of carbonyl (C=O) groups is 1. The van der Waals surface area contributed by atoms with Crippen molar-refractivity contribution in [1.82, 2.24) is 25.2 Å². The summed E-state index contributed by atoms with van der Waals surface area (Å²) in [5.41, 5.74) is 3.28. The van der Waals surface area contributed by atoms with Gasteiger partial charge in [0.05, 0.1) is 17.3 Å². The predicted octanol–water partition coefficient (Wildman–Crippen LogP) is 3.53. The van der Waals surface area contributed by atoms with Gasteiger partial charge in [-0.15, -0.1) is 0 Å². The molecule has 0 radical (unpaired) electrons. The molecule has 1 aliphatic rings. The van der Waals surface area contributed by atoms with Crippen LogP contribution in [0.15, 0.2) is 60.8 Å². The molecule has 210 valence electrons. The van der Waals surface area contributed by atoms with Crippen LogP contribution in [0.25, 0.3) is 11.0 Å². The van der Waals surface area contributed by atoms with E-state index in [1.807, 2.05) is 30.3 Å². The molecule has 3 heterocycles. The Morgan fingerprint density at radius 2 is 1.88 bits per heavy atom. The lowest BCUT2D eigenvalue weighted by molar-refractivity contribution is 0.0917. The molecule has 1 amide bonds. The molecule has 0 aliphatic carbocycles. The van der Waals surface area contributed by atoms with Gasteiger partial charge in [0.2, 0.25) is 16.0 Å². The van der Waals surface area contributed by atoms with Crippen molar-refractivity contribution in [3.05, 3.63) is 71.9 Å². The molecule has 0 saturated carbocycles. The standard InChI is InChI=1S/C28H34N8O3S/c1-35-15-12-21(13-16-35)31-27(37)19-8-6-9-22(17-19)32-28-33-25-23(11-14-29-25)26(34-28)30-18-20-7-4-5-10-24(20)36(2)40(3,38)39/h4-11,14,17,21H,12-13,15-16,18H2,1-3H3,(H,31,37)(H3,29,30,32,33,34). The highest BCUT2D eigenvalue weighted by molar-refractivity contribution is 7.92. The van der Waals surface area contributed by atoms with Crippen molar-refractivity contribution in [3.8, 4) is 0 Å². The fraction of sp³-hybridized carbons (Fsp3) is 0.321. The van der Waals surface area contributed by atoms with Crippen LogP contribution in [0.1, 0.15) is 28.8 Å². The van der Waals surface area contributed by atoms with Crippen LogP contribution < -0.4 is 20.3 Å². The number of hydrogen-bond donors (Lipinski definition) is 4. The number of piperidine rings is 1. The number of aromatic nitrogens is 3. The lowest BCUT2D eigenvalue weighted by atomic mass is 10.0. The van der Waals surface area contributed by atoms with Gasteiger partial charge in [-0.1, -0.05) is 24.3 Å². The van der Waals surface area contributed by atoms with Gasteiger partial charge in [0.25, 0.3) is 5.91 Å². The molecule has 4 aromatic rings. The minimum Gasteiger partial charge on any atom is -0.365 e. The summed E-state index contributed by atoms with van der Waals surface area (Å²) in [6.07, 6.45) is 4.84. The molecule has 0 spiro atoms. The Kier molecular flexibility index (Phi) is 7.90. The van der Waals surface area contributed by atoms with Gasteiger partial charge in [0, 0.05) is 37.1 Å². The summed E-state index contributed by atoms with van der Waals surface area (Å²) in [6.45, 7) is 2.29. The Bertz CT molecular complexity index is 1610. The number of likely N-dealkylation sites (tertiary alicyclic amines) is 1. The first-order valence-corrected chi connectivity index (χ1v) is 15.0. The molecule has 0 unspecified atom stereocenters. The highest BCUT2D eigenvalue weighted by Gasteiger charge is 2.20. The van der Waals surface area contributed by atoms with Gasteiger partial charge in [0.1, 0.15) is 11.5 Å². The van der Waals surface area contributed by atoms with Crippen molar-refractivity contribution < 1.29 is 13.2 Å². The number of benzene rings is 2. The second-order valence-electron chi connectivity index (χ2n) is 10.1. The molecule has 1 saturated heterocycles. The number of hydrogen-bond acceptors (Lipinski definition) is 8. The van der Waals surface area contributed by atoms with Crippen LogP contribution in [0, 0.1) is 0 Å². The van der Waals surface area contributed by atoms with Crippen LogP contribution in [0.5, 0.6) is 0 Å². The summed E-state index contributed by atoms with van der Waals surface area (Å²) in [7, 11) is 0.215. The number of anilines is 4. The lowest BCUT2D eigenvalue weighted by Gasteiger charge is -2.29. The predicted molar refractivity (Wildman–Crippen MR) is 159 cm³/mol. The number of amides is 1. The van der Waals surface area contributed by atoms with Crippen molar-refractivity contribution in [2.75, 3.05) is 48.4 Å². The molecule has 1 aliphatic heterocycles. The quantitative estimate of drug-likeness (QED) is 0.243. The van der Waals surface area contributed by atoms with Crippen LogP contribution in [0.3, 0.4) is 0 Å². The number of carbonyl (C=O) groups excluding carboxylic acids is 1. The Balaban J connectivity index is 1.33. The average Bonchev–Trinajstić information content (AvgIpc) is 3.41. The fourth-order valence-corrected chi connectivity index (χ4v) is 5.28. The lowest BCUT2D eigenvalue weighted by Crippen LogP contribution is -2.43. The van der Waals surface area contributed by atoms with Crippen molar-refractivity contribution in [2.45, 2.75) is 25.4 Å². The van der Waals surface area contributed by atoms with E-state index in [0.717, 1.165) is 36.9 Å². The van der Waals surface area contributed by atoms with E-state index in [0.29, 0.717) is 40.9 Å². The van der Waals surface area contributed by atoms with Gasteiger partial charge in [-0.2, -0.15) is 9.97 Å². The SMILES string of the molecule is CN1CCC(NC(=O)c2cccc(Nc3nc(NCc4ccccc4N(C)S(C)(=O)=O)c4cc[nH]c4n3)c2)CC1. The highest BCUT2D eigenvalue weighted by atomic mass is 32.2. The Morgan fingerprint density at radius 1 is 1.10 bits per heavy atom. The third kappa shape index (κ3) is 6.35. The smallest absolute Gasteiger partial charge is 0.251 e. The second-order valence-corrected chi connectivity index (χ2v) is 12.1. The summed E-state index contributed by atoms with van der Waals surface area (Å²) < 4.78 is 25.5. The molecular weight excluding hydrogens is 528 g/mol. The minimum atomic E-state index is -3.41. The maximum atomic E-state index is 12.9. The van der Waals surface area contributed by atoms with Crippen molar-refractivity contribution in [2.24, 2.45) is 0 Å². The summed E-state index contributed by atoms with van der Waals surface area (Å²) in [5.74, 6) is 0.840. The van der Waals surface area contributed by atoms with Crippen molar-refractivity contribution in [3.63, 3.8) is 0 Å². The molecular formula is C28H34N8O3S. The molecule has 0 atom stereocenters. The number of nitrogens with zero attached hydrogens (tertiary/aromatic N) is 4. The van der Waals surface area contributed by atoms with Crippen molar-refractivity contribution >= 4 is 50.1 Å². The maximum absolute atomic E-state index is 12.9. The number of fused-ring (bicyclic) bond motifs is 1. The van der Waals surface area contributed by atoms with Crippen LogP contribution in [-0.4, -0.2) is 73.7 Å². The number of rotatable bonds is 9. The van der Waals surface area contributed by atoms with E-state index < -0.39 is 10.0 Å². The normalized spacial score (nSPS) is 14.7. The fourth-order valence-electron chi connectivity index (χ4n) is 4.75. The Hall–Kier alpha value is -4.16. The molecule has 2 aromatic carbocycles. The Labute approximate surface area is 234 Å². The molecule has 0 bridgehead atoms. The number of H-pyrrole nitrogens is 1. The molecule has 40 heavy (non-hydrogen) atoms. The van der Waals surface area contributed by atoms with Crippen LogP contribution in [-0.2, 0) is 16.6 Å². The topological polar surface area (TPSA) is 135 Å². The Morgan fingerprint density at radius 3 is 2.65 bits per heavy atom. The average molecular weight is 563 g/mol. The van der Waals surface area contributed by atoms with Gasteiger partial charge in [-0.3, -0.25) is 9.10 Å². The molecule has 4 N–H and O–H groups in total. The van der Waals surface area contributed by atoms with E-state index in [9.17, 15) is 13.2 Å². The number of sulfonamides is 1. The summed E-state index contributed by atoms with van der Waals surface area (Å²) >= 11 is 0. The molecule has 11 nitrogen and oxygen atoms in total. The van der Waals surface area contributed by atoms with Gasteiger partial charge in [0.15, 0.2) is 0 Å². The first-order valence-electron chi connectivity index (χ1n) is 13.1. The van der Waals surface area contributed by atoms with Crippen LogP contribution in [0.2, 0.25) is 0 Å².